The van der Waals surface area contributed by atoms with Crippen molar-refractivity contribution in [2.45, 2.75) is 6.92 Å². The molecule has 0 atom stereocenters. The van der Waals surface area contributed by atoms with Crippen LogP contribution in [0.3, 0.4) is 0 Å². The van der Waals surface area contributed by atoms with E-state index in [1.165, 1.54) is 18.2 Å². The predicted octanol–water partition coefficient (Wildman–Crippen LogP) is 4.74. The van der Waals surface area contributed by atoms with Crippen molar-refractivity contribution in [1.82, 2.24) is 15.4 Å². The van der Waals surface area contributed by atoms with E-state index in [1.807, 2.05) is 0 Å². The third-order valence-electron chi connectivity index (χ3n) is 3.94. The number of aryl methyl sites for hydroxylation is 1. The predicted molar refractivity (Wildman–Crippen MR) is 99.3 cm³/mol. The fraction of sp³-hybridized carbons (Fsp3) is 0.0526. The third-order valence-corrected chi connectivity index (χ3v) is 4.27. The van der Waals surface area contributed by atoms with E-state index >= 15 is 0 Å². The molecular formula is C19H12ClFN4O3. The summed E-state index contributed by atoms with van der Waals surface area (Å²) in [6.45, 7) is 1.61. The number of carbonyl (C=O) groups excluding carboxylic acids is 1. The molecule has 2 heterocycles. The molecule has 0 aliphatic heterocycles. The molecule has 4 aromatic rings. The molecule has 0 aliphatic carbocycles. The molecule has 0 saturated carbocycles. The SMILES string of the molecule is Cc1onc(-c2ccccc2Cl)c1C(=O)Nc1nnc(-c2cccc(F)c2)o1. The van der Waals surface area contributed by atoms with E-state index in [0.29, 0.717) is 27.6 Å². The van der Waals surface area contributed by atoms with E-state index < -0.39 is 11.7 Å². The fourth-order valence-electron chi connectivity index (χ4n) is 2.65. The normalized spacial score (nSPS) is 10.8. The average molecular weight is 399 g/mol. The van der Waals surface area contributed by atoms with Crippen LogP contribution in [0.1, 0.15) is 16.1 Å². The van der Waals surface area contributed by atoms with Gasteiger partial charge in [0.2, 0.25) is 5.89 Å². The van der Waals surface area contributed by atoms with Crippen molar-refractivity contribution in [3.8, 4) is 22.7 Å². The van der Waals surface area contributed by atoms with Gasteiger partial charge in [-0.1, -0.05) is 46.1 Å². The second-order valence-electron chi connectivity index (χ2n) is 5.82. The van der Waals surface area contributed by atoms with Gasteiger partial charge >= 0.3 is 6.01 Å². The van der Waals surface area contributed by atoms with Gasteiger partial charge in [0.1, 0.15) is 22.8 Å². The Morgan fingerprint density at radius 2 is 1.96 bits per heavy atom. The molecule has 7 nitrogen and oxygen atoms in total. The zero-order valence-corrected chi connectivity index (χ0v) is 15.2. The number of carbonyl (C=O) groups is 1. The van der Waals surface area contributed by atoms with Crippen molar-refractivity contribution in [2.24, 2.45) is 0 Å². The first kappa shape index (κ1) is 17.9. The molecule has 4 rings (SSSR count). The van der Waals surface area contributed by atoms with Crippen LogP contribution in [0.5, 0.6) is 0 Å². The van der Waals surface area contributed by atoms with Crippen LogP contribution in [0.15, 0.2) is 57.5 Å². The molecular weight excluding hydrogens is 387 g/mol. The van der Waals surface area contributed by atoms with Crippen molar-refractivity contribution in [2.75, 3.05) is 5.32 Å². The zero-order valence-electron chi connectivity index (χ0n) is 14.4. The minimum Gasteiger partial charge on any atom is -0.403 e. The number of hydrogen-bond donors (Lipinski definition) is 1. The summed E-state index contributed by atoms with van der Waals surface area (Å²) in [5, 5.41) is 14.5. The van der Waals surface area contributed by atoms with Crippen LogP contribution in [-0.4, -0.2) is 21.3 Å². The summed E-state index contributed by atoms with van der Waals surface area (Å²) in [6, 6.07) is 12.5. The molecule has 0 aliphatic rings. The molecule has 0 unspecified atom stereocenters. The van der Waals surface area contributed by atoms with Crippen molar-refractivity contribution < 1.29 is 18.1 Å². The number of aromatic nitrogens is 3. The molecule has 0 bridgehead atoms. The monoisotopic (exact) mass is 398 g/mol. The van der Waals surface area contributed by atoms with Crippen LogP contribution in [0.4, 0.5) is 10.4 Å². The smallest absolute Gasteiger partial charge is 0.322 e. The molecule has 0 saturated heterocycles. The maximum atomic E-state index is 13.4. The maximum absolute atomic E-state index is 13.4. The Labute approximate surface area is 163 Å². The molecule has 0 spiro atoms. The second-order valence-corrected chi connectivity index (χ2v) is 6.23. The van der Waals surface area contributed by atoms with Gasteiger partial charge in [0, 0.05) is 11.1 Å². The largest absolute Gasteiger partial charge is 0.403 e. The molecule has 1 amide bonds. The highest BCUT2D eigenvalue weighted by Gasteiger charge is 2.24. The maximum Gasteiger partial charge on any atom is 0.322 e. The van der Waals surface area contributed by atoms with E-state index in [4.69, 9.17) is 20.5 Å². The van der Waals surface area contributed by atoms with Crippen LogP contribution >= 0.6 is 11.6 Å². The second kappa shape index (κ2) is 7.24. The highest BCUT2D eigenvalue weighted by atomic mass is 35.5. The summed E-state index contributed by atoms with van der Waals surface area (Å²) in [6.07, 6.45) is 0. The van der Waals surface area contributed by atoms with E-state index in [1.54, 1.807) is 37.3 Å². The van der Waals surface area contributed by atoms with Crippen molar-refractivity contribution in [1.29, 1.82) is 0 Å². The first-order valence-electron chi connectivity index (χ1n) is 8.15. The van der Waals surface area contributed by atoms with Gasteiger partial charge in [-0.3, -0.25) is 10.1 Å². The Balaban J connectivity index is 1.62. The number of benzene rings is 2. The third kappa shape index (κ3) is 3.37. The van der Waals surface area contributed by atoms with Gasteiger partial charge in [-0.2, -0.15) is 0 Å². The number of hydrogen-bond acceptors (Lipinski definition) is 6. The topological polar surface area (TPSA) is 94.1 Å². The summed E-state index contributed by atoms with van der Waals surface area (Å²) >= 11 is 6.20. The number of nitrogens with one attached hydrogen (secondary N) is 1. The number of amides is 1. The Kier molecular flexibility index (Phi) is 4.62. The highest BCUT2D eigenvalue weighted by Crippen LogP contribution is 2.31. The van der Waals surface area contributed by atoms with Crippen LogP contribution < -0.4 is 5.32 Å². The zero-order chi connectivity index (χ0) is 19.7. The van der Waals surface area contributed by atoms with E-state index in [9.17, 15) is 9.18 Å². The van der Waals surface area contributed by atoms with Gasteiger partial charge in [-0.15, -0.1) is 5.10 Å². The first-order valence-corrected chi connectivity index (χ1v) is 8.52. The van der Waals surface area contributed by atoms with Crippen LogP contribution in [0, 0.1) is 12.7 Å². The fourth-order valence-corrected chi connectivity index (χ4v) is 2.87. The molecule has 28 heavy (non-hydrogen) atoms. The lowest BCUT2D eigenvalue weighted by molar-refractivity contribution is 0.102. The summed E-state index contributed by atoms with van der Waals surface area (Å²) in [7, 11) is 0. The summed E-state index contributed by atoms with van der Waals surface area (Å²) in [4.78, 5) is 12.8. The van der Waals surface area contributed by atoms with Gasteiger partial charge in [0.05, 0.1) is 5.02 Å². The summed E-state index contributed by atoms with van der Waals surface area (Å²) in [5.41, 5.74) is 1.44. The van der Waals surface area contributed by atoms with Gasteiger partial charge in [-0.05, 0) is 31.2 Å². The lowest BCUT2D eigenvalue weighted by atomic mass is 10.1. The number of anilines is 1. The number of rotatable bonds is 4. The van der Waals surface area contributed by atoms with Gasteiger partial charge in [-0.25, -0.2) is 4.39 Å². The van der Waals surface area contributed by atoms with Gasteiger partial charge < -0.3 is 8.94 Å². The number of halogens is 2. The molecule has 0 radical (unpaired) electrons. The van der Waals surface area contributed by atoms with Crippen molar-refractivity contribution in [3.63, 3.8) is 0 Å². The lowest BCUT2D eigenvalue weighted by Crippen LogP contribution is -2.13. The molecule has 2 aromatic carbocycles. The molecule has 1 N–H and O–H groups in total. The summed E-state index contributed by atoms with van der Waals surface area (Å²) < 4.78 is 23.9. The highest BCUT2D eigenvalue weighted by molar-refractivity contribution is 6.33. The Hall–Kier alpha value is -3.52. The van der Waals surface area contributed by atoms with Crippen molar-refractivity contribution >= 4 is 23.5 Å². The van der Waals surface area contributed by atoms with Gasteiger partial charge in [0.25, 0.3) is 5.91 Å². The molecule has 0 fully saturated rings. The molecule has 140 valence electrons. The molecule has 9 heteroatoms. The minimum absolute atomic E-state index is 0.0724. The van der Waals surface area contributed by atoms with Crippen LogP contribution in [0.2, 0.25) is 5.02 Å². The number of nitrogens with zero attached hydrogens (tertiary/aromatic N) is 3. The Morgan fingerprint density at radius 1 is 1.14 bits per heavy atom. The Morgan fingerprint density at radius 3 is 2.75 bits per heavy atom. The van der Waals surface area contributed by atoms with Crippen LogP contribution in [0.25, 0.3) is 22.7 Å². The Bertz CT molecular complexity index is 1170. The quantitative estimate of drug-likeness (QED) is 0.533. The van der Waals surface area contributed by atoms with Crippen LogP contribution in [-0.2, 0) is 0 Å². The minimum atomic E-state index is -0.553. The standard InChI is InChI=1S/C19H12ClFN4O3/c1-10-15(16(25-28-10)13-7-2-3-8-14(13)20)17(26)22-19-24-23-18(27-19)11-5-4-6-12(21)9-11/h2-9H,1H3,(H,22,24,26). The van der Waals surface area contributed by atoms with Gasteiger partial charge in [0.15, 0.2) is 0 Å². The van der Waals surface area contributed by atoms with Crippen molar-refractivity contribution in [3.05, 3.63) is 70.7 Å². The molecule has 2 aromatic heterocycles. The average Bonchev–Trinajstić information content (AvgIpc) is 3.29. The first-order chi connectivity index (χ1) is 13.5. The lowest BCUT2D eigenvalue weighted by Gasteiger charge is -2.03. The summed E-state index contributed by atoms with van der Waals surface area (Å²) in [5.74, 6) is -0.616. The van der Waals surface area contributed by atoms with E-state index in [2.05, 4.69) is 20.7 Å². The van der Waals surface area contributed by atoms with E-state index in [0.717, 1.165) is 0 Å². The van der Waals surface area contributed by atoms with E-state index in [-0.39, 0.29) is 17.5 Å².